The van der Waals surface area contributed by atoms with Crippen molar-refractivity contribution >= 4 is 23.4 Å². The largest absolute Gasteiger partial charge is 0.339 e. The zero-order valence-corrected chi connectivity index (χ0v) is 16.5. The number of carbonyl (C=O) groups is 2. The van der Waals surface area contributed by atoms with Crippen LogP contribution >= 0.6 is 11.6 Å². The van der Waals surface area contributed by atoms with Gasteiger partial charge in [0, 0.05) is 42.7 Å². The van der Waals surface area contributed by atoms with Crippen molar-refractivity contribution < 1.29 is 9.59 Å². The first-order valence-electron chi connectivity index (χ1n) is 9.70. The van der Waals surface area contributed by atoms with Gasteiger partial charge in [-0.25, -0.2) is 0 Å². The summed E-state index contributed by atoms with van der Waals surface area (Å²) in [4.78, 5) is 30.3. The van der Waals surface area contributed by atoms with Crippen LogP contribution in [0.1, 0.15) is 32.2 Å². The Hall–Kier alpha value is -2.48. The summed E-state index contributed by atoms with van der Waals surface area (Å²) in [6.45, 7) is 4.22. The second kappa shape index (κ2) is 7.87. The number of aromatic nitrogens is 4. The highest BCUT2D eigenvalue weighted by molar-refractivity contribution is 6.30. The van der Waals surface area contributed by atoms with Crippen LogP contribution in [-0.4, -0.2) is 68.0 Å². The normalized spacial score (nSPS) is 18.2. The molecule has 2 amide bonds. The van der Waals surface area contributed by atoms with Crippen LogP contribution in [0.4, 0.5) is 0 Å². The van der Waals surface area contributed by atoms with E-state index in [9.17, 15) is 9.59 Å². The molecule has 1 atom stereocenters. The summed E-state index contributed by atoms with van der Waals surface area (Å²) in [6, 6.07) is 6.68. The smallest absolute Gasteiger partial charge is 0.249 e. The van der Waals surface area contributed by atoms with Crippen LogP contribution < -0.4 is 0 Å². The van der Waals surface area contributed by atoms with Gasteiger partial charge in [0.2, 0.25) is 17.6 Å². The monoisotopic (exact) mass is 402 g/mol. The molecule has 1 saturated carbocycles. The lowest BCUT2D eigenvalue weighted by atomic mass is 10.2. The first-order valence-corrected chi connectivity index (χ1v) is 10.1. The molecule has 28 heavy (non-hydrogen) atoms. The molecule has 1 aromatic carbocycles. The molecule has 0 radical (unpaired) electrons. The number of nitrogens with zero attached hydrogens (tertiary/aromatic N) is 6. The first-order chi connectivity index (χ1) is 13.6. The van der Waals surface area contributed by atoms with Crippen LogP contribution in [0.25, 0.3) is 11.4 Å². The molecule has 8 nitrogen and oxygen atoms in total. The van der Waals surface area contributed by atoms with E-state index in [1.807, 2.05) is 24.0 Å². The molecule has 4 rings (SSSR count). The highest BCUT2D eigenvalue weighted by atomic mass is 35.5. The molecule has 1 aliphatic heterocycles. The Labute approximate surface area is 168 Å². The Morgan fingerprint density at radius 1 is 1.11 bits per heavy atom. The average Bonchev–Trinajstić information content (AvgIpc) is 3.47. The van der Waals surface area contributed by atoms with Gasteiger partial charge in [0.15, 0.2) is 6.04 Å². The molecule has 0 N–H and O–H groups in total. The van der Waals surface area contributed by atoms with Gasteiger partial charge >= 0.3 is 0 Å². The van der Waals surface area contributed by atoms with Crippen LogP contribution in [0.5, 0.6) is 0 Å². The van der Waals surface area contributed by atoms with Crippen molar-refractivity contribution in [2.24, 2.45) is 5.92 Å². The topological polar surface area (TPSA) is 84.2 Å². The lowest BCUT2D eigenvalue weighted by molar-refractivity contribution is -0.142. The van der Waals surface area contributed by atoms with Gasteiger partial charge in [0.25, 0.3) is 0 Å². The summed E-state index contributed by atoms with van der Waals surface area (Å²) >= 11 is 5.92. The summed E-state index contributed by atoms with van der Waals surface area (Å²) in [5, 5.41) is 13.2. The number of piperazine rings is 1. The molecule has 2 aromatic rings. The Morgan fingerprint density at radius 2 is 1.75 bits per heavy atom. The summed E-state index contributed by atoms with van der Waals surface area (Å²) in [5.41, 5.74) is 0.796. The van der Waals surface area contributed by atoms with Crippen molar-refractivity contribution in [2.75, 3.05) is 26.2 Å². The minimum Gasteiger partial charge on any atom is -0.339 e. The fourth-order valence-electron chi connectivity index (χ4n) is 3.45. The molecule has 0 bridgehead atoms. The van der Waals surface area contributed by atoms with E-state index in [0.717, 1.165) is 18.4 Å². The summed E-state index contributed by atoms with van der Waals surface area (Å²) in [7, 11) is 0. The molecule has 1 unspecified atom stereocenters. The third-order valence-electron chi connectivity index (χ3n) is 5.31. The van der Waals surface area contributed by atoms with Gasteiger partial charge in [-0.2, -0.15) is 4.80 Å². The summed E-state index contributed by atoms with van der Waals surface area (Å²) in [6.07, 6.45) is 2.57. The van der Waals surface area contributed by atoms with E-state index in [2.05, 4.69) is 15.4 Å². The molecular weight excluding hydrogens is 380 g/mol. The van der Waals surface area contributed by atoms with E-state index in [-0.39, 0.29) is 17.7 Å². The van der Waals surface area contributed by atoms with E-state index >= 15 is 0 Å². The number of carbonyl (C=O) groups excluding carboxylic acids is 2. The van der Waals surface area contributed by atoms with Crippen LogP contribution in [0.2, 0.25) is 5.02 Å². The third kappa shape index (κ3) is 3.87. The SMILES string of the molecule is CCC(C(=O)N1CCN(C(=O)C2CC2)CC1)n1nnc(-c2ccc(Cl)cc2)n1. The maximum atomic E-state index is 13.0. The van der Waals surface area contributed by atoms with Gasteiger partial charge in [0.05, 0.1) is 0 Å². The van der Waals surface area contributed by atoms with Gasteiger partial charge in [-0.15, -0.1) is 10.2 Å². The minimum atomic E-state index is -0.501. The van der Waals surface area contributed by atoms with Gasteiger partial charge in [-0.05, 0) is 48.7 Å². The Bertz CT molecular complexity index is 856. The average molecular weight is 403 g/mol. The van der Waals surface area contributed by atoms with Crippen LogP contribution in [0.3, 0.4) is 0 Å². The predicted octanol–water partition coefficient (Wildman–Crippen LogP) is 2.03. The highest BCUT2D eigenvalue weighted by Gasteiger charge is 2.36. The van der Waals surface area contributed by atoms with Crippen LogP contribution in [-0.2, 0) is 9.59 Å². The van der Waals surface area contributed by atoms with Crippen molar-refractivity contribution in [3.8, 4) is 11.4 Å². The number of hydrogen-bond acceptors (Lipinski definition) is 5. The third-order valence-corrected chi connectivity index (χ3v) is 5.56. The van der Waals surface area contributed by atoms with E-state index in [1.54, 1.807) is 17.0 Å². The zero-order valence-electron chi connectivity index (χ0n) is 15.8. The molecule has 2 heterocycles. The summed E-state index contributed by atoms with van der Waals surface area (Å²) < 4.78 is 0. The molecule has 0 spiro atoms. The minimum absolute atomic E-state index is 0.0268. The van der Waals surface area contributed by atoms with Crippen molar-refractivity contribution in [1.82, 2.24) is 30.0 Å². The van der Waals surface area contributed by atoms with E-state index < -0.39 is 6.04 Å². The van der Waals surface area contributed by atoms with Crippen molar-refractivity contribution in [3.05, 3.63) is 29.3 Å². The molecule has 9 heteroatoms. The summed E-state index contributed by atoms with van der Waals surface area (Å²) in [5.74, 6) is 0.893. The standard InChI is InChI=1S/C19H23ClN6O2/c1-2-16(26-22-17(21-23-26)13-5-7-15(20)8-6-13)19(28)25-11-9-24(10-12-25)18(27)14-3-4-14/h5-8,14,16H,2-4,9-12H2,1H3. The van der Waals surface area contributed by atoms with Crippen LogP contribution in [0, 0.1) is 5.92 Å². The molecular formula is C19H23ClN6O2. The number of halogens is 1. The fraction of sp³-hybridized carbons (Fsp3) is 0.526. The zero-order chi connectivity index (χ0) is 19.7. The van der Waals surface area contributed by atoms with Crippen molar-refractivity contribution in [3.63, 3.8) is 0 Å². The fourth-order valence-corrected chi connectivity index (χ4v) is 3.58. The van der Waals surface area contributed by atoms with E-state index in [4.69, 9.17) is 11.6 Å². The Balaban J connectivity index is 1.41. The molecule has 1 aliphatic carbocycles. The van der Waals surface area contributed by atoms with Gasteiger partial charge in [-0.1, -0.05) is 18.5 Å². The van der Waals surface area contributed by atoms with Gasteiger partial charge in [-0.3, -0.25) is 9.59 Å². The Morgan fingerprint density at radius 3 is 2.36 bits per heavy atom. The van der Waals surface area contributed by atoms with E-state index in [0.29, 0.717) is 43.4 Å². The lowest BCUT2D eigenvalue weighted by Gasteiger charge is -2.36. The molecule has 2 aliphatic rings. The second-order valence-corrected chi connectivity index (χ2v) is 7.73. The van der Waals surface area contributed by atoms with Crippen molar-refractivity contribution in [2.45, 2.75) is 32.2 Å². The highest BCUT2D eigenvalue weighted by Crippen LogP contribution is 2.31. The quantitative estimate of drug-likeness (QED) is 0.764. The maximum Gasteiger partial charge on any atom is 0.249 e. The van der Waals surface area contributed by atoms with Crippen molar-refractivity contribution in [1.29, 1.82) is 0 Å². The lowest BCUT2D eigenvalue weighted by Crippen LogP contribution is -2.52. The number of amides is 2. The molecule has 1 saturated heterocycles. The van der Waals surface area contributed by atoms with Gasteiger partial charge < -0.3 is 9.80 Å². The number of hydrogen-bond donors (Lipinski definition) is 0. The van der Waals surface area contributed by atoms with Gasteiger partial charge in [0.1, 0.15) is 0 Å². The Kier molecular flexibility index (Phi) is 5.30. The predicted molar refractivity (Wildman–Crippen MR) is 103 cm³/mol. The van der Waals surface area contributed by atoms with Crippen LogP contribution in [0.15, 0.2) is 24.3 Å². The number of benzene rings is 1. The second-order valence-electron chi connectivity index (χ2n) is 7.29. The molecule has 2 fully saturated rings. The molecule has 148 valence electrons. The first kappa shape index (κ1) is 18.9. The maximum absolute atomic E-state index is 13.0. The number of rotatable bonds is 5. The number of tetrazole rings is 1. The molecule has 1 aromatic heterocycles. The van der Waals surface area contributed by atoms with E-state index in [1.165, 1.54) is 4.80 Å².